The van der Waals surface area contributed by atoms with E-state index in [4.69, 9.17) is 10.5 Å². The summed E-state index contributed by atoms with van der Waals surface area (Å²) in [6.07, 6.45) is 5.45. The third-order valence-electron chi connectivity index (χ3n) is 3.43. The maximum atomic E-state index is 5.94. The van der Waals surface area contributed by atoms with Gasteiger partial charge in [0, 0.05) is 6.54 Å². The molecule has 1 aromatic rings. The van der Waals surface area contributed by atoms with Crippen LogP contribution in [0.3, 0.4) is 0 Å². The number of ether oxygens (including phenoxy) is 1. The standard InChI is InChI=1S/C14H22N2O/c1-11-4-2-7-14(8-11)17-10-13-6-3-5-12(9-15)16-13/h3,5-6,11,14H,2,4,7-10,15H2,1H3. The van der Waals surface area contributed by atoms with Crippen LogP contribution in [0.15, 0.2) is 18.2 Å². The molecule has 3 heteroatoms. The molecule has 17 heavy (non-hydrogen) atoms. The molecule has 94 valence electrons. The molecule has 0 amide bonds. The first-order chi connectivity index (χ1) is 8.28. The molecule has 3 nitrogen and oxygen atoms in total. The molecule has 0 aliphatic heterocycles. The smallest absolute Gasteiger partial charge is 0.0891 e. The fourth-order valence-corrected chi connectivity index (χ4v) is 2.46. The number of aromatic nitrogens is 1. The summed E-state index contributed by atoms with van der Waals surface area (Å²) in [5.74, 6) is 0.803. The topological polar surface area (TPSA) is 48.1 Å². The van der Waals surface area contributed by atoms with Crippen LogP contribution in [0.5, 0.6) is 0 Å². The predicted molar refractivity (Wildman–Crippen MR) is 68.3 cm³/mol. The third kappa shape index (κ3) is 3.79. The summed E-state index contributed by atoms with van der Waals surface area (Å²) in [4.78, 5) is 4.44. The van der Waals surface area contributed by atoms with E-state index in [1.807, 2.05) is 18.2 Å². The zero-order valence-electron chi connectivity index (χ0n) is 10.6. The second kappa shape index (κ2) is 6.12. The van der Waals surface area contributed by atoms with E-state index >= 15 is 0 Å². The monoisotopic (exact) mass is 234 g/mol. The Morgan fingerprint density at radius 1 is 1.35 bits per heavy atom. The van der Waals surface area contributed by atoms with E-state index in [1.54, 1.807) is 0 Å². The Hall–Kier alpha value is -0.930. The van der Waals surface area contributed by atoms with Crippen molar-refractivity contribution in [2.24, 2.45) is 11.7 Å². The molecular weight excluding hydrogens is 212 g/mol. The Bertz CT molecular complexity index is 354. The van der Waals surface area contributed by atoms with Crippen molar-refractivity contribution in [2.45, 2.75) is 51.9 Å². The second-order valence-electron chi connectivity index (χ2n) is 5.03. The van der Waals surface area contributed by atoms with Crippen molar-refractivity contribution in [3.8, 4) is 0 Å². The number of nitrogens with zero attached hydrogens (tertiary/aromatic N) is 1. The fraction of sp³-hybridized carbons (Fsp3) is 0.643. The van der Waals surface area contributed by atoms with E-state index in [2.05, 4.69) is 11.9 Å². The highest BCUT2D eigenvalue weighted by Crippen LogP contribution is 2.26. The predicted octanol–water partition coefficient (Wildman–Crippen LogP) is 2.64. The van der Waals surface area contributed by atoms with Gasteiger partial charge >= 0.3 is 0 Å². The highest BCUT2D eigenvalue weighted by Gasteiger charge is 2.19. The average molecular weight is 234 g/mol. The van der Waals surface area contributed by atoms with Crippen LogP contribution in [0.4, 0.5) is 0 Å². The summed E-state index contributed by atoms with van der Waals surface area (Å²) in [7, 11) is 0. The SMILES string of the molecule is CC1CCCC(OCc2cccc(CN)n2)C1. The van der Waals surface area contributed by atoms with Crippen LogP contribution in [-0.2, 0) is 17.9 Å². The van der Waals surface area contributed by atoms with Crippen LogP contribution >= 0.6 is 0 Å². The zero-order valence-corrected chi connectivity index (χ0v) is 10.6. The van der Waals surface area contributed by atoms with Crippen molar-refractivity contribution in [2.75, 3.05) is 0 Å². The summed E-state index contributed by atoms with van der Waals surface area (Å²) in [6, 6.07) is 5.95. The van der Waals surface area contributed by atoms with Crippen LogP contribution in [0.1, 0.15) is 44.0 Å². The van der Waals surface area contributed by atoms with E-state index in [-0.39, 0.29) is 0 Å². The highest BCUT2D eigenvalue weighted by atomic mass is 16.5. The first-order valence-electron chi connectivity index (χ1n) is 6.54. The van der Waals surface area contributed by atoms with E-state index in [9.17, 15) is 0 Å². The molecule has 0 saturated heterocycles. The maximum Gasteiger partial charge on any atom is 0.0891 e. The van der Waals surface area contributed by atoms with Crippen LogP contribution in [-0.4, -0.2) is 11.1 Å². The van der Waals surface area contributed by atoms with E-state index < -0.39 is 0 Å². The fourth-order valence-electron chi connectivity index (χ4n) is 2.46. The van der Waals surface area contributed by atoms with Gasteiger partial charge in [-0.25, -0.2) is 0 Å². The Morgan fingerprint density at radius 2 is 2.18 bits per heavy atom. The van der Waals surface area contributed by atoms with Gasteiger partial charge in [0.05, 0.1) is 24.1 Å². The van der Waals surface area contributed by atoms with Gasteiger partial charge in [-0.05, 0) is 30.9 Å². The third-order valence-corrected chi connectivity index (χ3v) is 3.43. The van der Waals surface area contributed by atoms with Crippen molar-refractivity contribution in [3.63, 3.8) is 0 Å². The highest BCUT2D eigenvalue weighted by molar-refractivity contribution is 5.10. The molecule has 1 aromatic heterocycles. The molecular formula is C14H22N2O. The van der Waals surface area contributed by atoms with Crippen LogP contribution in [0, 0.1) is 5.92 Å². The molecule has 1 aliphatic carbocycles. The van der Waals surface area contributed by atoms with Crippen LogP contribution in [0.2, 0.25) is 0 Å². The molecule has 1 aliphatic rings. The van der Waals surface area contributed by atoms with Crippen molar-refractivity contribution in [1.29, 1.82) is 0 Å². The van der Waals surface area contributed by atoms with Gasteiger partial charge in [-0.1, -0.05) is 25.8 Å². The molecule has 1 saturated carbocycles. The van der Waals surface area contributed by atoms with Crippen LogP contribution < -0.4 is 5.73 Å². The molecule has 2 atom stereocenters. The molecule has 0 bridgehead atoms. The summed E-state index contributed by atoms with van der Waals surface area (Å²) in [6.45, 7) is 3.42. The van der Waals surface area contributed by atoms with Gasteiger partial charge in [0.1, 0.15) is 0 Å². The number of nitrogens with two attached hydrogens (primary N) is 1. The molecule has 2 rings (SSSR count). The molecule has 0 radical (unpaired) electrons. The minimum atomic E-state index is 0.419. The Morgan fingerprint density at radius 3 is 2.94 bits per heavy atom. The average Bonchev–Trinajstić information content (AvgIpc) is 2.37. The Labute approximate surface area is 103 Å². The molecule has 2 N–H and O–H groups in total. The van der Waals surface area contributed by atoms with E-state index in [0.717, 1.165) is 17.3 Å². The second-order valence-corrected chi connectivity index (χ2v) is 5.03. The van der Waals surface area contributed by atoms with Gasteiger partial charge in [0.25, 0.3) is 0 Å². The van der Waals surface area contributed by atoms with Gasteiger partial charge in [-0.2, -0.15) is 0 Å². The largest absolute Gasteiger partial charge is 0.372 e. The lowest BCUT2D eigenvalue weighted by molar-refractivity contribution is 0.00315. The van der Waals surface area contributed by atoms with E-state index in [1.165, 1.54) is 25.7 Å². The summed E-state index contributed by atoms with van der Waals surface area (Å²) < 4.78 is 5.94. The normalized spacial score (nSPS) is 24.8. The minimum absolute atomic E-state index is 0.419. The van der Waals surface area contributed by atoms with Gasteiger partial charge in [-0.3, -0.25) is 4.98 Å². The number of pyridine rings is 1. The lowest BCUT2D eigenvalue weighted by Crippen LogP contribution is -2.21. The number of hydrogen-bond donors (Lipinski definition) is 1. The number of rotatable bonds is 4. The van der Waals surface area contributed by atoms with Crippen molar-refractivity contribution in [1.82, 2.24) is 4.98 Å². The minimum Gasteiger partial charge on any atom is -0.372 e. The van der Waals surface area contributed by atoms with Gasteiger partial charge in [0.2, 0.25) is 0 Å². The van der Waals surface area contributed by atoms with Gasteiger partial charge in [0.15, 0.2) is 0 Å². The van der Waals surface area contributed by atoms with Gasteiger partial charge in [-0.15, -0.1) is 0 Å². The Kier molecular flexibility index (Phi) is 4.51. The van der Waals surface area contributed by atoms with E-state index in [0.29, 0.717) is 19.3 Å². The molecule has 2 unspecified atom stereocenters. The first kappa shape index (κ1) is 12.5. The number of hydrogen-bond acceptors (Lipinski definition) is 3. The van der Waals surface area contributed by atoms with Gasteiger partial charge < -0.3 is 10.5 Å². The lowest BCUT2D eigenvalue weighted by Gasteiger charge is -2.26. The first-order valence-corrected chi connectivity index (χ1v) is 6.54. The van der Waals surface area contributed by atoms with Crippen molar-refractivity contribution >= 4 is 0 Å². The Balaban J connectivity index is 1.84. The van der Waals surface area contributed by atoms with Crippen molar-refractivity contribution in [3.05, 3.63) is 29.6 Å². The van der Waals surface area contributed by atoms with Crippen molar-refractivity contribution < 1.29 is 4.74 Å². The molecule has 1 heterocycles. The summed E-state index contributed by atoms with van der Waals surface area (Å²) in [5.41, 5.74) is 7.50. The summed E-state index contributed by atoms with van der Waals surface area (Å²) in [5, 5.41) is 0. The summed E-state index contributed by atoms with van der Waals surface area (Å²) >= 11 is 0. The molecule has 0 spiro atoms. The maximum absolute atomic E-state index is 5.94. The molecule has 1 fully saturated rings. The quantitative estimate of drug-likeness (QED) is 0.871. The zero-order chi connectivity index (χ0) is 12.1. The molecule has 0 aromatic carbocycles. The van der Waals surface area contributed by atoms with Crippen LogP contribution in [0.25, 0.3) is 0 Å². The lowest BCUT2D eigenvalue weighted by atomic mass is 9.89.